The standard InChI is InChI=1S/C26H34N4O3/c1-4-13-27-25(32)22-17-30(19(3)5-2)18-23(24(22)31)26(33)28-21-11-14-29(15-12-21)16-20-9-7-6-8-10-20/h4,6-10,17-19,21H,1,5,11-16H2,2-3H3,(H,27,32)(H,28,33)/t19-/m1/s1. The van der Waals surface area contributed by atoms with E-state index in [0.717, 1.165) is 38.9 Å². The molecule has 33 heavy (non-hydrogen) atoms. The Kier molecular flexibility index (Phi) is 8.60. The van der Waals surface area contributed by atoms with E-state index in [-0.39, 0.29) is 29.8 Å². The summed E-state index contributed by atoms with van der Waals surface area (Å²) in [6.07, 6.45) is 7.09. The predicted octanol–water partition coefficient (Wildman–Crippen LogP) is 3.13. The summed E-state index contributed by atoms with van der Waals surface area (Å²) in [5, 5.41) is 5.67. The van der Waals surface area contributed by atoms with Crippen molar-refractivity contribution in [1.29, 1.82) is 0 Å². The molecule has 176 valence electrons. The molecule has 0 bridgehead atoms. The van der Waals surface area contributed by atoms with Crippen LogP contribution < -0.4 is 16.1 Å². The number of aromatic nitrogens is 1. The molecule has 0 radical (unpaired) electrons. The zero-order chi connectivity index (χ0) is 23.8. The fourth-order valence-corrected chi connectivity index (χ4v) is 3.99. The monoisotopic (exact) mass is 450 g/mol. The van der Waals surface area contributed by atoms with Crippen LogP contribution in [0.5, 0.6) is 0 Å². The number of nitrogens with one attached hydrogen (secondary N) is 2. The van der Waals surface area contributed by atoms with Crippen molar-refractivity contribution in [2.24, 2.45) is 0 Å². The molecule has 0 aliphatic carbocycles. The van der Waals surface area contributed by atoms with Crippen LogP contribution in [0.1, 0.15) is 65.4 Å². The van der Waals surface area contributed by atoms with Crippen LogP contribution in [0, 0.1) is 0 Å². The number of hydrogen-bond acceptors (Lipinski definition) is 4. The zero-order valence-corrected chi connectivity index (χ0v) is 19.5. The summed E-state index contributed by atoms with van der Waals surface area (Å²) in [6.45, 7) is 10.5. The van der Waals surface area contributed by atoms with Gasteiger partial charge < -0.3 is 15.2 Å². The number of hydrogen-bond donors (Lipinski definition) is 2. The number of carbonyl (C=O) groups is 2. The lowest BCUT2D eigenvalue weighted by Gasteiger charge is -2.32. The first-order chi connectivity index (χ1) is 15.9. The van der Waals surface area contributed by atoms with Crippen molar-refractivity contribution < 1.29 is 9.59 Å². The molecule has 1 aromatic carbocycles. The third-order valence-electron chi connectivity index (χ3n) is 6.21. The largest absolute Gasteiger partial charge is 0.350 e. The fraction of sp³-hybridized carbons (Fsp3) is 0.423. The maximum absolute atomic E-state index is 13.1. The van der Waals surface area contributed by atoms with E-state index in [0.29, 0.717) is 0 Å². The Labute approximate surface area is 195 Å². The molecule has 7 nitrogen and oxygen atoms in total. The van der Waals surface area contributed by atoms with Crippen LogP contribution in [-0.4, -0.2) is 47.0 Å². The summed E-state index contributed by atoms with van der Waals surface area (Å²) in [5.74, 6) is -0.919. The molecule has 1 atom stereocenters. The van der Waals surface area contributed by atoms with Crippen LogP contribution in [0.25, 0.3) is 0 Å². The molecular formula is C26H34N4O3. The van der Waals surface area contributed by atoms with E-state index in [1.54, 1.807) is 16.8 Å². The first-order valence-corrected chi connectivity index (χ1v) is 11.6. The quantitative estimate of drug-likeness (QED) is 0.575. The summed E-state index contributed by atoms with van der Waals surface area (Å²) >= 11 is 0. The first-order valence-electron chi connectivity index (χ1n) is 11.6. The molecule has 0 saturated carbocycles. The molecule has 7 heteroatoms. The average Bonchev–Trinajstić information content (AvgIpc) is 2.84. The van der Waals surface area contributed by atoms with Crippen molar-refractivity contribution in [3.05, 3.63) is 82.3 Å². The minimum absolute atomic E-state index is 0.000722. The van der Waals surface area contributed by atoms with Gasteiger partial charge >= 0.3 is 0 Å². The third kappa shape index (κ3) is 6.42. The van der Waals surface area contributed by atoms with Gasteiger partial charge in [-0.2, -0.15) is 0 Å². The third-order valence-corrected chi connectivity index (χ3v) is 6.21. The second-order valence-corrected chi connectivity index (χ2v) is 8.63. The fourth-order valence-electron chi connectivity index (χ4n) is 3.99. The van der Waals surface area contributed by atoms with Crippen LogP contribution >= 0.6 is 0 Å². The van der Waals surface area contributed by atoms with Crippen LogP contribution in [0.4, 0.5) is 0 Å². The molecule has 2 amide bonds. The summed E-state index contributed by atoms with van der Waals surface area (Å²) in [7, 11) is 0. The molecule has 2 aromatic rings. The Morgan fingerprint density at radius 2 is 1.76 bits per heavy atom. The SMILES string of the molecule is C=CCNC(=O)c1cn([C@H](C)CC)cc(C(=O)NC2CCN(Cc3ccccc3)CC2)c1=O. The van der Waals surface area contributed by atoms with Crippen molar-refractivity contribution in [3.63, 3.8) is 0 Å². The van der Waals surface area contributed by atoms with Gasteiger partial charge in [-0.15, -0.1) is 6.58 Å². The minimum atomic E-state index is -0.546. The van der Waals surface area contributed by atoms with Crippen LogP contribution in [0.3, 0.4) is 0 Å². The molecule has 1 aliphatic rings. The highest BCUT2D eigenvalue weighted by atomic mass is 16.2. The van der Waals surface area contributed by atoms with E-state index >= 15 is 0 Å². The van der Waals surface area contributed by atoms with Gasteiger partial charge in [-0.05, 0) is 31.7 Å². The lowest BCUT2D eigenvalue weighted by Crippen LogP contribution is -2.45. The van der Waals surface area contributed by atoms with E-state index < -0.39 is 17.2 Å². The van der Waals surface area contributed by atoms with E-state index in [2.05, 4.69) is 34.2 Å². The number of rotatable bonds is 9. The molecule has 1 saturated heterocycles. The van der Waals surface area contributed by atoms with E-state index in [9.17, 15) is 14.4 Å². The first kappa shape index (κ1) is 24.5. The Morgan fingerprint density at radius 3 is 2.36 bits per heavy atom. The molecule has 3 rings (SSSR count). The summed E-state index contributed by atoms with van der Waals surface area (Å²) in [6, 6.07) is 10.4. The van der Waals surface area contributed by atoms with Gasteiger partial charge in [0.2, 0.25) is 5.43 Å². The van der Waals surface area contributed by atoms with Crippen molar-refractivity contribution in [3.8, 4) is 0 Å². The maximum Gasteiger partial charge on any atom is 0.257 e. The second kappa shape index (κ2) is 11.6. The summed E-state index contributed by atoms with van der Waals surface area (Å²) < 4.78 is 1.78. The van der Waals surface area contributed by atoms with Crippen molar-refractivity contribution in [1.82, 2.24) is 20.1 Å². The van der Waals surface area contributed by atoms with Gasteiger partial charge in [0.05, 0.1) is 0 Å². The Hall–Kier alpha value is -3.19. The van der Waals surface area contributed by atoms with Gasteiger partial charge in [-0.3, -0.25) is 19.3 Å². The number of carbonyl (C=O) groups excluding carboxylic acids is 2. The minimum Gasteiger partial charge on any atom is -0.350 e. The molecule has 1 aliphatic heterocycles. The van der Waals surface area contributed by atoms with Gasteiger partial charge in [-0.25, -0.2) is 0 Å². The van der Waals surface area contributed by atoms with E-state index in [1.165, 1.54) is 11.8 Å². The maximum atomic E-state index is 13.1. The normalized spacial score (nSPS) is 15.6. The van der Waals surface area contributed by atoms with Gasteiger partial charge in [0.15, 0.2) is 0 Å². The second-order valence-electron chi connectivity index (χ2n) is 8.63. The highest BCUT2D eigenvalue weighted by Gasteiger charge is 2.24. The van der Waals surface area contributed by atoms with Gasteiger partial charge in [-0.1, -0.05) is 43.3 Å². The Balaban J connectivity index is 1.70. The Bertz CT molecular complexity index is 1020. The molecule has 1 fully saturated rings. The number of pyridine rings is 1. The lowest BCUT2D eigenvalue weighted by molar-refractivity contribution is 0.0907. The number of piperidine rings is 1. The number of likely N-dealkylation sites (tertiary alicyclic amines) is 1. The molecule has 1 aromatic heterocycles. The topological polar surface area (TPSA) is 83.4 Å². The van der Waals surface area contributed by atoms with Crippen molar-refractivity contribution in [2.75, 3.05) is 19.6 Å². The van der Waals surface area contributed by atoms with Gasteiger partial charge in [0, 0.05) is 50.7 Å². The number of nitrogens with zero attached hydrogens (tertiary/aromatic N) is 2. The highest BCUT2D eigenvalue weighted by molar-refractivity contribution is 5.99. The average molecular weight is 451 g/mol. The molecule has 2 heterocycles. The van der Waals surface area contributed by atoms with Crippen LogP contribution in [0.15, 0.2) is 60.2 Å². The predicted molar refractivity (Wildman–Crippen MR) is 130 cm³/mol. The summed E-state index contributed by atoms with van der Waals surface area (Å²) in [5.41, 5.74) is 0.711. The van der Waals surface area contributed by atoms with Gasteiger partial charge in [0.25, 0.3) is 11.8 Å². The van der Waals surface area contributed by atoms with Crippen LogP contribution in [0.2, 0.25) is 0 Å². The molecular weight excluding hydrogens is 416 g/mol. The Morgan fingerprint density at radius 1 is 1.12 bits per heavy atom. The van der Waals surface area contributed by atoms with Crippen LogP contribution in [-0.2, 0) is 6.54 Å². The molecule has 0 unspecified atom stereocenters. The number of benzene rings is 1. The highest BCUT2D eigenvalue weighted by Crippen LogP contribution is 2.15. The van der Waals surface area contributed by atoms with Crippen molar-refractivity contribution >= 4 is 11.8 Å². The van der Waals surface area contributed by atoms with E-state index in [1.807, 2.05) is 32.0 Å². The van der Waals surface area contributed by atoms with Crippen molar-refractivity contribution in [2.45, 2.75) is 51.7 Å². The van der Waals surface area contributed by atoms with E-state index in [4.69, 9.17) is 0 Å². The summed E-state index contributed by atoms with van der Waals surface area (Å²) in [4.78, 5) is 41.0. The van der Waals surface area contributed by atoms with Gasteiger partial charge in [0.1, 0.15) is 11.1 Å². The zero-order valence-electron chi connectivity index (χ0n) is 19.5. The smallest absolute Gasteiger partial charge is 0.257 e. The molecule has 2 N–H and O–H groups in total. The molecule has 0 spiro atoms. The number of amides is 2. The lowest BCUT2D eigenvalue weighted by atomic mass is 10.0.